The van der Waals surface area contributed by atoms with Crippen molar-refractivity contribution in [3.8, 4) is 0 Å². The number of sulfonamides is 1. The molecule has 1 saturated heterocycles. The summed E-state index contributed by atoms with van der Waals surface area (Å²) < 4.78 is 25.8. The second-order valence-electron chi connectivity index (χ2n) is 4.24. The molecule has 0 aromatic heterocycles. The van der Waals surface area contributed by atoms with Gasteiger partial charge in [-0.25, -0.2) is 8.42 Å². The van der Waals surface area contributed by atoms with Gasteiger partial charge in [0.05, 0.1) is 5.75 Å². The van der Waals surface area contributed by atoms with Crippen LogP contribution in [0.2, 0.25) is 0 Å². The number of hydrogen-bond donors (Lipinski definition) is 1. The number of nitrogens with one attached hydrogen (secondary N) is 1. The van der Waals surface area contributed by atoms with Crippen LogP contribution in [-0.4, -0.2) is 44.2 Å². The standard InChI is InChI=1S/C10H22N2O2S/c1-4-10-6-5-9(2)12(10)15(13,14)8-7-11-3/h9-11H,4-8H2,1-3H3. The van der Waals surface area contributed by atoms with Crippen molar-refractivity contribution in [3.05, 3.63) is 0 Å². The van der Waals surface area contributed by atoms with Gasteiger partial charge in [-0.2, -0.15) is 4.31 Å². The van der Waals surface area contributed by atoms with Gasteiger partial charge >= 0.3 is 0 Å². The van der Waals surface area contributed by atoms with Gasteiger partial charge in [-0.1, -0.05) is 6.92 Å². The Morgan fingerprint density at radius 2 is 2.07 bits per heavy atom. The van der Waals surface area contributed by atoms with Crippen molar-refractivity contribution in [3.63, 3.8) is 0 Å². The lowest BCUT2D eigenvalue weighted by atomic mass is 10.2. The van der Waals surface area contributed by atoms with E-state index in [1.165, 1.54) is 0 Å². The third kappa shape index (κ3) is 2.92. The minimum atomic E-state index is -3.06. The molecule has 0 aromatic rings. The fraction of sp³-hybridized carbons (Fsp3) is 1.00. The highest BCUT2D eigenvalue weighted by molar-refractivity contribution is 7.89. The van der Waals surface area contributed by atoms with Gasteiger partial charge in [0, 0.05) is 18.6 Å². The molecule has 1 fully saturated rings. The van der Waals surface area contributed by atoms with E-state index in [1.54, 1.807) is 11.4 Å². The van der Waals surface area contributed by atoms with E-state index in [-0.39, 0.29) is 17.8 Å². The van der Waals surface area contributed by atoms with E-state index < -0.39 is 10.0 Å². The van der Waals surface area contributed by atoms with Crippen molar-refractivity contribution < 1.29 is 8.42 Å². The van der Waals surface area contributed by atoms with Crippen LogP contribution in [-0.2, 0) is 10.0 Å². The highest BCUT2D eigenvalue weighted by atomic mass is 32.2. The molecule has 0 spiro atoms. The molecule has 5 heteroatoms. The van der Waals surface area contributed by atoms with Crippen molar-refractivity contribution in [2.45, 2.75) is 45.2 Å². The Kier molecular flexibility index (Phi) is 4.55. The van der Waals surface area contributed by atoms with Crippen molar-refractivity contribution in [1.29, 1.82) is 0 Å². The van der Waals surface area contributed by atoms with E-state index in [0.717, 1.165) is 19.3 Å². The van der Waals surface area contributed by atoms with Crippen LogP contribution < -0.4 is 5.32 Å². The fourth-order valence-electron chi connectivity index (χ4n) is 2.27. The van der Waals surface area contributed by atoms with Crippen LogP contribution in [0.3, 0.4) is 0 Å². The van der Waals surface area contributed by atoms with E-state index in [9.17, 15) is 8.42 Å². The monoisotopic (exact) mass is 234 g/mol. The van der Waals surface area contributed by atoms with Crippen LogP contribution in [0.5, 0.6) is 0 Å². The maximum atomic E-state index is 12.1. The fourth-order valence-corrected chi connectivity index (χ4v) is 4.31. The van der Waals surface area contributed by atoms with Gasteiger partial charge in [-0.15, -0.1) is 0 Å². The summed E-state index contributed by atoms with van der Waals surface area (Å²) >= 11 is 0. The van der Waals surface area contributed by atoms with E-state index in [1.807, 2.05) is 6.92 Å². The summed E-state index contributed by atoms with van der Waals surface area (Å²) in [5, 5.41) is 2.89. The molecule has 2 unspecified atom stereocenters. The molecule has 1 aliphatic rings. The van der Waals surface area contributed by atoms with E-state index in [4.69, 9.17) is 0 Å². The van der Waals surface area contributed by atoms with Crippen molar-refractivity contribution >= 4 is 10.0 Å². The third-order valence-corrected chi connectivity index (χ3v) is 5.13. The van der Waals surface area contributed by atoms with Gasteiger partial charge in [0.1, 0.15) is 0 Å². The molecular weight excluding hydrogens is 212 g/mol. The summed E-state index contributed by atoms with van der Waals surface area (Å²) in [4.78, 5) is 0. The molecule has 2 atom stereocenters. The normalized spacial score (nSPS) is 28.5. The number of nitrogens with zero attached hydrogens (tertiary/aromatic N) is 1. The average Bonchev–Trinajstić information content (AvgIpc) is 2.57. The van der Waals surface area contributed by atoms with E-state index in [0.29, 0.717) is 6.54 Å². The zero-order valence-corrected chi connectivity index (χ0v) is 10.7. The zero-order chi connectivity index (χ0) is 11.5. The van der Waals surface area contributed by atoms with Crippen LogP contribution in [0.15, 0.2) is 0 Å². The van der Waals surface area contributed by atoms with Gasteiger partial charge in [-0.05, 0) is 33.2 Å². The maximum absolute atomic E-state index is 12.1. The molecule has 1 rings (SSSR count). The third-order valence-electron chi connectivity index (χ3n) is 3.11. The van der Waals surface area contributed by atoms with Crippen LogP contribution in [0.25, 0.3) is 0 Å². The van der Waals surface area contributed by atoms with Gasteiger partial charge in [0.25, 0.3) is 0 Å². The minimum absolute atomic E-state index is 0.178. The number of rotatable bonds is 5. The van der Waals surface area contributed by atoms with Gasteiger partial charge in [0.15, 0.2) is 0 Å². The second kappa shape index (κ2) is 5.27. The molecule has 0 radical (unpaired) electrons. The summed E-state index contributed by atoms with van der Waals surface area (Å²) in [6.45, 7) is 4.60. The lowest BCUT2D eigenvalue weighted by Crippen LogP contribution is -2.42. The molecule has 0 aromatic carbocycles. The Balaban J connectivity index is 2.75. The van der Waals surface area contributed by atoms with E-state index >= 15 is 0 Å². The van der Waals surface area contributed by atoms with Gasteiger partial charge in [0.2, 0.25) is 10.0 Å². The maximum Gasteiger partial charge on any atom is 0.215 e. The summed E-state index contributed by atoms with van der Waals surface area (Å²) in [7, 11) is -1.28. The molecule has 15 heavy (non-hydrogen) atoms. The zero-order valence-electron chi connectivity index (χ0n) is 9.86. The Morgan fingerprint density at radius 3 is 2.60 bits per heavy atom. The molecule has 1 N–H and O–H groups in total. The molecule has 0 bridgehead atoms. The highest BCUT2D eigenvalue weighted by Crippen LogP contribution is 2.28. The Hall–Kier alpha value is -0.130. The first-order valence-electron chi connectivity index (χ1n) is 5.68. The van der Waals surface area contributed by atoms with Crippen LogP contribution in [0.1, 0.15) is 33.1 Å². The predicted molar refractivity (Wildman–Crippen MR) is 62.3 cm³/mol. The number of hydrogen-bond acceptors (Lipinski definition) is 3. The smallest absolute Gasteiger partial charge is 0.215 e. The van der Waals surface area contributed by atoms with Crippen LogP contribution >= 0.6 is 0 Å². The molecular formula is C10H22N2O2S. The average molecular weight is 234 g/mol. The Bertz CT molecular complexity index is 290. The summed E-state index contributed by atoms with van der Waals surface area (Å²) in [6.07, 6.45) is 2.93. The first kappa shape index (κ1) is 12.9. The molecule has 0 amide bonds. The minimum Gasteiger partial charge on any atom is -0.319 e. The Morgan fingerprint density at radius 1 is 1.40 bits per heavy atom. The first-order valence-corrected chi connectivity index (χ1v) is 7.29. The van der Waals surface area contributed by atoms with Crippen molar-refractivity contribution in [2.24, 2.45) is 0 Å². The molecule has 0 aliphatic carbocycles. The Labute approximate surface area is 93.1 Å². The molecule has 4 nitrogen and oxygen atoms in total. The molecule has 1 aliphatic heterocycles. The lowest BCUT2D eigenvalue weighted by Gasteiger charge is -2.26. The van der Waals surface area contributed by atoms with Crippen LogP contribution in [0.4, 0.5) is 0 Å². The summed E-state index contributed by atoms with van der Waals surface area (Å²) in [5.41, 5.74) is 0. The van der Waals surface area contributed by atoms with Gasteiger partial charge < -0.3 is 5.32 Å². The summed E-state index contributed by atoms with van der Waals surface area (Å²) in [6, 6.07) is 0.402. The molecule has 90 valence electrons. The van der Waals surface area contributed by atoms with Gasteiger partial charge in [-0.3, -0.25) is 0 Å². The van der Waals surface area contributed by atoms with Crippen LogP contribution in [0, 0.1) is 0 Å². The SMILES string of the molecule is CCC1CCC(C)N1S(=O)(=O)CCNC. The largest absolute Gasteiger partial charge is 0.319 e. The van der Waals surface area contributed by atoms with E-state index in [2.05, 4.69) is 12.2 Å². The van der Waals surface area contributed by atoms with Crippen molar-refractivity contribution in [2.75, 3.05) is 19.3 Å². The predicted octanol–water partition coefficient (Wildman–Crippen LogP) is 0.798. The molecule has 1 heterocycles. The quantitative estimate of drug-likeness (QED) is 0.765. The molecule has 0 saturated carbocycles. The van der Waals surface area contributed by atoms with Crippen molar-refractivity contribution in [1.82, 2.24) is 9.62 Å². The lowest BCUT2D eigenvalue weighted by molar-refractivity contribution is 0.328. The summed E-state index contributed by atoms with van der Waals surface area (Å²) in [5.74, 6) is 0.213. The highest BCUT2D eigenvalue weighted by Gasteiger charge is 2.37. The topological polar surface area (TPSA) is 49.4 Å². The first-order chi connectivity index (χ1) is 7.03. The second-order valence-corrected chi connectivity index (χ2v) is 6.23.